The van der Waals surface area contributed by atoms with Crippen LogP contribution >= 0.6 is 0 Å². The average Bonchev–Trinajstić information content (AvgIpc) is 1.67. The maximum atomic E-state index is 7.89. The lowest BCUT2D eigenvalue weighted by Gasteiger charge is -2.05. The molecular formula is C4H10N4. The predicted octanol–water partition coefficient (Wildman–Crippen LogP) is 1.03. The van der Waals surface area contributed by atoms with Gasteiger partial charge in [0.1, 0.15) is 0 Å². The van der Waals surface area contributed by atoms with Crippen LogP contribution in [-0.2, 0) is 0 Å². The lowest BCUT2D eigenvalue weighted by atomic mass is 10.2. The fourth-order valence-electron chi connectivity index (χ4n) is 0.187. The second-order valence-corrected chi connectivity index (χ2v) is 1.80. The highest BCUT2D eigenvalue weighted by Gasteiger charge is 2.01. The number of hydrogen-bond acceptors (Lipinski definition) is 2. The molecule has 0 aromatic heterocycles. The maximum Gasteiger partial charge on any atom is 0.0494 e. The van der Waals surface area contributed by atoms with Crippen LogP contribution in [0.5, 0.6) is 0 Å². The lowest BCUT2D eigenvalue weighted by molar-refractivity contribution is 0.600. The van der Waals surface area contributed by atoms with Crippen molar-refractivity contribution in [2.24, 2.45) is 10.8 Å². The summed E-state index contributed by atoms with van der Waals surface area (Å²) in [5, 5.41) is 3.38. The first kappa shape index (κ1) is 7.27. The van der Waals surface area contributed by atoms with Crippen molar-refractivity contribution in [1.82, 2.24) is 0 Å². The summed E-state index contributed by atoms with van der Waals surface area (Å²) in [7, 11) is 0. The molecule has 2 atom stereocenters. The largest absolute Gasteiger partial charge is 0.328 e. The molecule has 0 aromatic rings. The first-order valence-electron chi connectivity index (χ1n) is 2.48. The van der Waals surface area contributed by atoms with Crippen LogP contribution in [0.25, 0.3) is 10.4 Å². The number of nitrogens with zero attached hydrogens (tertiary/aromatic N) is 3. The van der Waals surface area contributed by atoms with E-state index in [0.717, 1.165) is 0 Å². The van der Waals surface area contributed by atoms with E-state index in [4.69, 9.17) is 11.3 Å². The van der Waals surface area contributed by atoms with Gasteiger partial charge in [0.05, 0.1) is 0 Å². The Hall–Kier alpha value is -0.730. The van der Waals surface area contributed by atoms with E-state index < -0.39 is 0 Å². The standard InChI is InChI=1S/C4H10N4/c1-3(5)4(2)7-8-6/h3-4H,5H2,1-2H3. The van der Waals surface area contributed by atoms with Gasteiger partial charge in [-0.25, -0.2) is 0 Å². The van der Waals surface area contributed by atoms with Gasteiger partial charge < -0.3 is 5.73 Å². The molecule has 0 radical (unpaired) electrons. The molecule has 4 nitrogen and oxygen atoms in total. The first-order chi connectivity index (χ1) is 3.68. The Morgan fingerprint density at radius 1 is 1.62 bits per heavy atom. The maximum absolute atomic E-state index is 7.89. The Labute approximate surface area is 48.3 Å². The van der Waals surface area contributed by atoms with Gasteiger partial charge in [0, 0.05) is 17.0 Å². The molecule has 0 saturated carbocycles. The molecule has 0 rings (SSSR count). The van der Waals surface area contributed by atoms with Crippen LogP contribution in [0.15, 0.2) is 5.11 Å². The van der Waals surface area contributed by atoms with Crippen LogP contribution in [0.3, 0.4) is 0 Å². The molecule has 0 bridgehead atoms. The molecule has 0 amide bonds. The molecule has 0 aliphatic carbocycles. The Kier molecular flexibility index (Phi) is 2.99. The quantitative estimate of drug-likeness (QED) is 0.325. The monoisotopic (exact) mass is 114 g/mol. The van der Waals surface area contributed by atoms with Gasteiger partial charge in [-0.3, -0.25) is 0 Å². The van der Waals surface area contributed by atoms with Gasteiger partial charge in [0.25, 0.3) is 0 Å². The van der Waals surface area contributed by atoms with Crippen molar-refractivity contribution in [2.75, 3.05) is 0 Å². The van der Waals surface area contributed by atoms with Gasteiger partial charge in [0.2, 0.25) is 0 Å². The van der Waals surface area contributed by atoms with Crippen molar-refractivity contribution in [3.05, 3.63) is 10.4 Å². The molecule has 0 spiro atoms. The van der Waals surface area contributed by atoms with E-state index >= 15 is 0 Å². The molecule has 0 saturated heterocycles. The number of hydrogen-bond donors (Lipinski definition) is 1. The molecule has 0 fully saturated rings. The molecule has 2 unspecified atom stereocenters. The molecule has 8 heavy (non-hydrogen) atoms. The third-order valence-corrected chi connectivity index (χ3v) is 0.995. The van der Waals surface area contributed by atoms with Crippen LogP contribution in [0, 0.1) is 0 Å². The van der Waals surface area contributed by atoms with Crippen LogP contribution in [-0.4, -0.2) is 12.1 Å². The van der Waals surface area contributed by atoms with E-state index in [0.29, 0.717) is 0 Å². The third-order valence-electron chi connectivity index (χ3n) is 0.995. The van der Waals surface area contributed by atoms with Gasteiger partial charge in [-0.1, -0.05) is 12.0 Å². The number of rotatable bonds is 2. The van der Waals surface area contributed by atoms with Crippen molar-refractivity contribution in [3.63, 3.8) is 0 Å². The zero-order valence-electron chi connectivity index (χ0n) is 5.07. The van der Waals surface area contributed by atoms with Gasteiger partial charge in [-0.2, -0.15) is 0 Å². The summed E-state index contributed by atoms with van der Waals surface area (Å²) in [6, 6.07) is -0.147. The van der Waals surface area contributed by atoms with Crippen molar-refractivity contribution in [3.8, 4) is 0 Å². The Balaban J connectivity index is 3.63. The van der Waals surface area contributed by atoms with E-state index in [1.807, 2.05) is 0 Å². The highest BCUT2D eigenvalue weighted by molar-refractivity contribution is 4.69. The molecule has 2 N–H and O–H groups in total. The summed E-state index contributed by atoms with van der Waals surface area (Å²) in [5.41, 5.74) is 13.2. The summed E-state index contributed by atoms with van der Waals surface area (Å²) in [5.74, 6) is 0. The molecule has 46 valence electrons. The minimum Gasteiger partial charge on any atom is -0.328 e. The summed E-state index contributed by atoms with van der Waals surface area (Å²) < 4.78 is 0. The minimum absolute atomic E-state index is 0.0501. The normalized spacial score (nSPS) is 16.4. The summed E-state index contributed by atoms with van der Waals surface area (Å²) in [6.07, 6.45) is 0. The summed E-state index contributed by atoms with van der Waals surface area (Å²) in [6.45, 7) is 3.59. The minimum atomic E-state index is -0.0972. The summed E-state index contributed by atoms with van der Waals surface area (Å²) in [4.78, 5) is 2.60. The van der Waals surface area contributed by atoms with Crippen LogP contribution in [0.1, 0.15) is 13.8 Å². The van der Waals surface area contributed by atoms with Crippen LogP contribution in [0.4, 0.5) is 0 Å². The first-order valence-corrected chi connectivity index (χ1v) is 2.48. The second-order valence-electron chi connectivity index (χ2n) is 1.80. The Morgan fingerprint density at radius 3 is 2.25 bits per heavy atom. The molecular weight excluding hydrogens is 104 g/mol. The SMILES string of the molecule is CC(N)C(C)N=[N+]=[N-]. The third kappa shape index (κ3) is 2.44. The highest BCUT2D eigenvalue weighted by Crippen LogP contribution is 1.92. The fourth-order valence-corrected chi connectivity index (χ4v) is 0.187. The van der Waals surface area contributed by atoms with Crippen LogP contribution < -0.4 is 5.73 Å². The molecule has 0 aliphatic rings. The van der Waals surface area contributed by atoms with E-state index in [9.17, 15) is 0 Å². The smallest absolute Gasteiger partial charge is 0.0494 e. The van der Waals surface area contributed by atoms with Gasteiger partial charge in [-0.15, -0.1) is 0 Å². The van der Waals surface area contributed by atoms with Gasteiger partial charge in [0.15, 0.2) is 0 Å². The van der Waals surface area contributed by atoms with E-state index in [1.54, 1.807) is 13.8 Å². The molecule has 0 heterocycles. The zero-order valence-corrected chi connectivity index (χ0v) is 5.07. The highest BCUT2D eigenvalue weighted by atomic mass is 15.2. The van der Waals surface area contributed by atoms with Gasteiger partial charge in [-0.05, 0) is 12.5 Å². The van der Waals surface area contributed by atoms with E-state index in [1.165, 1.54) is 0 Å². The molecule has 0 aliphatic heterocycles. The lowest BCUT2D eigenvalue weighted by Crippen LogP contribution is -2.26. The topological polar surface area (TPSA) is 74.8 Å². The fraction of sp³-hybridized carbons (Fsp3) is 1.00. The number of azide groups is 1. The van der Waals surface area contributed by atoms with E-state index in [2.05, 4.69) is 10.0 Å². The molecule has 0 aromatic carbocycles. The Morgan fingerprint density at radius 2 is 2.12 bits per heavy atom. The Bertz CT molecular complexity index is 103. The summed E-state index contributed by atoms with van der Waals surface area (Å²) >= 11 is 0. The second kappa shape index (κ2) is 3.29. The predicted molar refractivity (Wildman–Crippen MR) is 32.3 cm³/mol. The van der Waals surface area contributed by atoms with E-state index in [-0.39, 0.29) is 12.1 Å². The zero-order chi connectivity index (χ0) is 6.57. The molecule has 4 heteroatoms. The van der Waals surface area contributed by atoms with Crippen molar-refractivity contribution < 1.29 is 0 Å². The number of nitrogens with two attached hydrogens (primary N) is 1. The van der Waals surface area contributed by atoms with Crippen molar-refractivity contribution >= 4 is 0 Å². The average molecular weight is 114 g/mol. The van der Waals surface area contributed by atoms with Crippen molar-refractivity contribution in [2.45, 2.75) is 25.9 Å². The van der Waals surface area contributed by atoms with Gasteiger partial charge >= 0.3 is 0 Å². The van der Waals surface area contributed by atoms with Crippen LogP contribution in [0.2, 0.25) is 0 Å². The van der Waals surface area contributed by atoms with Crippen molar-refractivity contribution in [1.29, 1.82) is 0 Å².